The summed E-state index contributed by atoms with van der Waals surface area (Å²) in [7, 11) is -4.25. The van der Waals surface area contributed by atoms with Crippen molar-refractivity contribution in [2.75, 3.05) is 10.8 Å². The highest BCUT2D eigenvalue weighted by Gasteiger charge is 2.32. The van der Waals surface area contributed by atoms with Gasteiger partial charge in [-0.15, -0.1) is 0 Å². The summed E-state index contributed by atoms with van der Waals surface area (Å²) in [5.41, 5.74) is 2.04. The van der Waals surface area contributed by atoms with Crippen LogP contribution in [0.2, 0.25) is 0 Å². The van der Waals surface area contributed by atoms with E-state index >= 15 is 0 Å². The molecule has 0 aliphatic carbocycles. The molecule has 0 aromatic heterocycles. The van der Waals surface area contributed by atoms with Crippen LogP contribution in [0.4, 0.5) is 11.4 Å². The molecule has 9 nitrogen and oxygen atoms in total. The summed E-state index contributed by atoms with van der Waals surface area (Å²) >= 11 is 0. The molecule has 0 unspecified atom stereocenters. The first-order chi connectivity index (χ1) is 13.9. The summed E-state index contributed by atoms with van der Waals surface area (Å²) in [6.45, 7) is 6.80. The number of nitrogens with zero attached hydrogens (tertiary/aromatic N) is 3. The molecule has 2 rings (SSSR count). The number of carbonyl (C=O) groups excluding carboxylic acids is 1. The Labute approximate surface area is 175 Å². The standard InChI is InChI=1S/C20H24N4O5S/c1-15(20(2,3)4)21-22-19(25)14-23(17-12-8-9-13-18(17)24(26)27)30(28,29)16-10-6-5-7-11-16/h5-13H,14H2,1-4H3,(H,22,25)/b21-15+. The second kappa shape index (κ2) is 9.04. The van der Waals surface area contributed by atoms with Crippen LogP contribution in [0.15, 0.2) is 64.6 Å². The Bertz CT molecular complexity index is 1060. The van der Waals surface area contributed by atoms with Crippen molar-refractivity contribution < 1.29 is 18.1 Å². The van der Waals surface area contributed by atoms with Crippen molar-refractivity contribution in [2.24, 2.45) is 10.5 Å². The maximum absolute atomic E-state index is 13.2. The van der Waals surface area contributed by atoms with Gasteiger partial charge in [0.2, 0.25) is 0 Å². The molecule has 0 aliphatic heterocycles. The number of para-hydroxylation sites is 2. The van der Waals surface area contributed by atoms with Gasteiger partial charge >= 0.3 is 0 Å². The van der Waals surface area contributed by atoms with E-state index in [0.717, 1.165) is 4.31 Å². The van der Waals surface area contributed by atoms with Gasteiger partial charge in [0.25, 0.3) is 21.6 Å². The second-order valence-corrected chi connectivity index (χ2v) is 9.42. The normalized spacial score (nSPS) is 12.3. The number of benzene rings is 2. The first-order valence-corrected chi connectivity index (χ1v) is 10.5. The van der Waals surface area contributed by atoms with Crippen LogP contribution in [0.5, 0.6) is 0 Å². The number of rotatable bonds is 7. The SMILES string of the molecule is C/C(=N\NC(=O)CN(c1ccccc1[N+](=O)[O-])S(=O)(=O)c1ccccc1)C(C)(C)C. The third-order valence-electron chi connectivity index (χ3n) is 4.40. The number of hydrogen-bond donors (Lipinski definition) is 1. The van der Waals surface area contributed by atoms with Crippen molar-refractivity contribution in [3.63, 3.8) is 0 Å². The fourth-order valence-corrected chi connectivity index (χ4v) is 3.78. The van der Waals surface area contributed by atoms with Crippen molar-refractivity contribution in [1.29, 1.82) is 0 Å². The molecule has 0 radical (unpaired) electrons. The number of hydrogen-bond acceptors (Lipinski definition) is 6. The van der Waals surface area contributed by atoms with Crippen LogP contribution in [-0.2, 0) is 14.8 Å². The van der Waals surface area contributed by atoms with Crippen LogP contribution in [0.25, 0.3) is 0 Å². The molecule has 0 spiro atoms. The molecule has 0 saturated carbocycles. The minimum Gasteiger partial charge on any atom is -0.271 e. The number of anilines is 1. The second-order valence-electron chi connectivity index (χ2n) is 7.55. The Morgan fingerprint density at radius 2 is 1.67 bits per heavy atom. The molecule has 0 saturated heterocycles. The van der Waals surface area contributed by atoms with E-state index in [9.17, 15) is 23.3 Å². The van der Waals surface area contributed by atoms with Gasteiger partial charge < -0.3 is 0 Å². The Hall–Kier alpha value is -3.27. The highest BCUT2D eigenvalue weighted by molar-refractivity contribution is 7.92. The fourth-order valence-electron chi connectivity index (χ4n) is 2.33. The van der Waals surface area contributed by atoms with E-state index in [1.807, 2.05) is 20.8 Å². The molecule has 0 heterocycles. The molecule has 0 fully saturated rings. The largest absolute Gasteiger partial charge is 0.293 e. The maximum Gasteiger partial charge on any atom is 0.293 e. The van der Waals surface area contributed by atoms with Gasteiger partial charge in [0.1, 0.15) is 12.2 Å². The Morgan fingerprint density at radius 1 is 1.10 bits per heavy atom. The Kier molecular flexibility index (Phi) is 6.93. The molecule has 1 N–H and O–H groups in total. The van der Waals surface area contributed by atoms with Crippen molar-refractivity contribution in [2.45, 2.75) is 32.6 Å². The van der Waals surface area contributed by atoms with Gasteiger partial charge in [0.05, 0.1) is 9.82 Å². The topological polar surface area (TPSA) is 122 Å². The molecule has 30 heavy (non-hydrogen) atoms. The number of hydrazone groups is 1. The summed E-state index contributed by atoms with van der Waals surface area (Å²) in [5.74, 6) is -0.726. The monoisotopic (exact) mass is 432 g/mol. The van der Waals surface area contributed by atoms with Crippen LogP contribution < -0.4 is 9.73 Å². The van der Waals surface area contributed by atoms with Gasteiger partial charge in [0.15, 0.2) is 0 Å². The van der Waals surface area contributed by atoms with Gasteiger partial charge in [-0.25, -0.2) is 18.1 Å². The van der Waals surface area contributed by atoms with E-state index in [2.05, 4.69) is 10.5 Å². The zero-order valence-electron chi connectivity index (χ0n) is 17.2. The number of carbonyl (C=O) groups is 1. The smallest absolute Gasteiger partial charge is 0.271 e. The predicted molar refractivity (Wildman–Crippen MR) is 115 cm³/mol. The van der Waals surface area contributed by atoms with Crippen molar-refractivity contribution in [3.8, 4) is 0 Å². The zero-order valence-corrected chi connectivity index (χ0v) is 18.0. The van der Waals surface area contributed by atoms with Crippen LogP contribution in [0.1, 0.15) is 27.7 Å². The van der Waals surface area contributed by atoms with Crippen molar-refractivity contribution >= 4 is 33.0 Å². The van der Waals surface area contributed by atoms with Crippen LogP contribution in [0, 0.1) is 15.5 Å². The Morgan fingerprint density at radius 3 is 2.23 bits per heavy atom. The average molecular weight is 433 g/mol. The number of nitrogens with one attached hydrogen (secondary N) is 1. The first-order valence-electron chi connectivity index (χ1n) is 9.09. The lowest BCUT2D eigenvalue weighted by molar-refractivity contribution is -0.384. The third-order valence-corrected chi connectivity index (χ3v) is 6.17. The lowest BCUT2D eigenvalue weighted by Gasteiger charge is -2.23. The van der Waals surface area contributed by atoms with Gasteiger partial charge in [-0.1, -0.05) is 51.1 Å². The van der Waals surface area contributed by atoms with E-state index in [-0.39, 0.29) is 16.0 Å². The maximum atomic E-state index is 13.2. The van der Waals surface area contributed by atoms with Crippen LogP contribution >= 0.6 is 0 Å². The highest BCUT2D eigenvalue weighted by Crippen LogP contribution is 2.31. The van der Waals surface area contributed by atoms with Gasteiger partial charge in [-0.2, -0.15) is 5.10 Å². The zero-order chi connectivity index (χ0) is 22.5. The van der Waals surface area contributed by atoms with E-state index in [1.54, 1.807) is 13.0 Å². The van der Waals surface area contributed by atoms with Gasteiger partial charge in [0, 0.05) is 17.2 Å². The van der Waals surface area contributed by atoms with E-state index in [1.165, 1.54) is 48.5 Å². The van der Waals surface area contributed by atoms with Gasteiger partial charge in [-0.05, 0) is 25.1 Å². The quantitative estimate of drug-likeness (QED) is 0.408. The number of nitro benzene ring substituents is 1. The van der Waals surface area contributed by atoms with E-state index in [4.69, 9.17) is 0 Å². The minimum absolute atomic E-state index is 0.0923. The lowest BCUT2D eigenvalue weighted by Crippen LogP contribution is -2.40. The molecule has 1 amide bonds. The molecule has 160 valence electrons. The van der Waals surface area contributed by atoms with Crippen LogP contribution in [0.3, 0.4) is 0 Å². The summed E-state index contributed by atoms with van der Waals surface area (Å²) in [6, 6.07) is 12.8. The van der Waals surface area contributed by atoms with Gasteiger partial charge in [-0.3, -0.25) is 14.9 Å². The van der Waals surface area contributed by atoms with E-state index < -0.39 is 33.1 Å². The lowest BCUT2D eigenvalue weighted by atomic mass is 9.91. The molecule has 10 heteroatoms. The molecular formula is C20H24N4O5S. The number of amides is 1. The fraction of sp³-hybridized carbons (Fsp3) is 0.300. The molecule has 0 atom stereocenters. The molecular weight excluding hydrogens is 408 g/mol. The summed E-state index contributed by atoms with van der Waals surface area (Å²) in [4.78, 5) is 23.2. The third kappa shape index (κ3) is 5.41. The van der Waals surface area contributed by atoms with E-state index in [0.29, 0.717) is 5.71 Å². The summed E-state index contributed by atoms with van der Waals surface area (Å²) < 4.78 is 27.2. The average Bonchev–Trinajstić information content (AvgIpc) is 2.70. The number of nitro groups is 1. The van der Waals surface area contributed by atoms with Crippen LogP contribution in [-0.4, -0.2) is 31.5 Å². The highest BCUT2D eigenvalue weighted by atomic mass is 32.2. The molecule has 2 aromatic rings. The summed E-state index contributed by atoms with van der Waals surface area (Å²) in [6.07, 6.45) is 0. The first kappa shape index (κ1) is 23.0. The minimum atomic E-state index is -4.25. The Balaban J connectivity index is 2.48. The molecule has 0 bridgehead atoms. The number of sulfonamides is 1. The summed E-state index contributed by atoms with van der Waals surface area (Å²) in [5, 5.41) is 15.5. The molecule has 2 aromatic carbocycles. The molecule has 0 aliphatic rings. The van der Waals surface area contributed by atoms with Crippen molar-refractivity contribution in [3.05, 3.63) is 64.7 Å². The predicted octanol–water partition coefficient (Wildman–Crippen LogP) is 3.33. The van der Waals surface area contributed by atoms with Crippen molar-refractivity contribution in [1.82, 2.24) is 5.43 Å².